The number of carboxylic acid groups (broad SMARTS) is 1. The third-order valence-electron chi connectivity index (χ3n) is 7.81. The summed E-state index contributed by atoms with van der Waals surface area (Å²) in [7, 11) is 0. The minimum Gasteiger partial charge on any atom is -0.478 e. The number of amides is 1. The summed E-state index contributed by atoms with van der Waals surface area (Å²) < 4.78 is 17.1. The molecule has 0 bridgehead atoms. The molecule has 212 valence electrons. The number of pyridine rings is 1. The SMILES string of the molecule is O=C(O)c1ccc(Oc2cccc3c2CCN3CC(=O)N2CCN(C(Cc3ccccc3)C3=COCO3)CC2)nc1. The molecular weight excluding hydrogens is 524 g/mol. The number of carboxylic acids is 1. The summed E-state index contributed by atoms with van der Waals surface area (Å²) in [4.78, 5) is 35.0. The van der Waals surface area contributed by atoms with Crippen LogP contribution in [0.5, 0.6) is 11.6 Å². The molecule has 1 aromatic heterocycles. The fraction of sp³-hybridized carbons (Fsp3) is 0.323. The Hall–Kier alpha value is -4.57. The van der Waals surface area contributed by atoms with E-state index >= 15 is 0 Å². The van der Waals surface area contributed by atoms with Crippen LogP contribution in [-0.2, 0) is 27.1 Å². The van der Waals surface area contributed by atoms with E-state index in [2.05, 4.69) is 26.9 Å². The molecule has 6 rings (SSSR count). The van der Waals surface area contributed by atoms with Crippen LogP contribution in [0.2, 0.25) is 0 Å². The van der Waals surface area contributed by atoms with Crippen LogP contribution in [0.4, 0.5) is 5.69 Å². The van der Waals surface area contributed by atoms with Gasteiger partial charge in [-0.15, -0.1) is 0 Å². The predicted molar refractivity (Wildman–Crippen MR) is 151 cm³/mol. The molecule has 2 aromatic carbocycles. The van der Waals surface area contributed by atoms with Crippen molar-refractivity contribution >= 4 is 17.6 Å². The van der Waals surface area contributed by atoms with Gasteiger partial charge in [0.15, 0.2) is 5.76 Å². The second-order valence-corrected chi connectivity index (χ2v) is 10.3. The first-order valence-corrected chi connectivity index (χ1v) is 13.8. The number of fused-ring (bicyclic) bond motifs is 1. The molecule has 0 saturated carbocycles. The minimum absolute atomic E-state index is 0.0656. The average Bonchev–Trinajstić information content (AvgIpc) is 3.68. The number of benzene rings is 2. The number of carbonyl (C=O) groups excluding carboxylic acids is 1. The number of hydrogen-bond donors (Lipinski definition) is 1. The van der Waals surface area contributed by atoms with Crippen LogP contribution in [-0.4, -0.2) is 83.9 Å². The van der Waals surface area contributed by atoms with Gasteiger partial charge in [-0.1, -0.05) is 36.4 Å². The maximum atomic E-state index is 13.4. The van der Waals surface area contributed by atoms with Crippen LogP contribution in [0.3, 0.4) is 0 Å². The smallest absolute Gasteiger partial charge is 0.337 e. The van der Waals surface area contributed by atoms with Crippen molar-refractivity contribution in [3.8, 4) is 11.6 Å². The molecule has 10 heteroatoms. The van der Waals surface area contributed by atoms with Gasteiger partial charge in [0.2, 0.25) is 18.6 Å². The van der Waals surface area contributed by atoms with Crippen LogP contribution in [0.15, 0.2) is 78.9 Å². The number of anilines is 1. The van der Waals surface area contributed by atoms with E-state index in [1.807, 2.05) is 41.3 Å². The van der Waals surface area contributed by atoms with Crippen molar-refractivity contribution in [2.24, 2.45) is 0 Å². The van der Waals surface area contributed by atoms with Crippen molar-refractivity contribution in [3.05, 3.63) is 95.6 Å². The van der Waals surface area contributed by atoms with Crippen LogP contribution >= 0.6 is 0 Å². The Morgan fingerprint density at radius 2 is 1.80 bits per heavy atom. The number of hydrogen-bond acceptors (Lipinski definition) is 8. The number of piperazine rings is 1. The first kappa shape index (κ1) is 26.6. The Morgan fingerprint density at radius 1 is 0.976 bits per heavy atom. The lowest BCUT2D eigenvalue weighted by molar-refractivity contribution is -0.131. The average molecular weight is 557 g/mol. The lowest BCUT2D eigenvalue weighted by Crippen LogP contribution is -2.54. The second kappa shape index (κ2) is 11.9. The van der Waals surface area contributed by atoms with Crippen molar-refractivity contribution < 1.29 is 28.9 Å². The normalized spacial score (nSPS) is 17.3. The Labute approximate surface area is 238 Å². The standard InChI is InChI=1S/C31H32N4O6/c36-30(34-15-13-33(14-16-34)26(28-20-39-21-40-28)17-22-5-2-1-3-6-22)19-35-12-11-24-25(35)7-4-8-27(24)41-29-10-9-23(18-32-29)31(37)38/h1-10,18,20,26H,11-17,19,21H2,(H,37,38). The molecular formula is C31H32N4O6. The summed E-state index contributed by atoms with van der Waals surface area (Å²) in [6.07, 6.45) is 4.56. The molecule has 1 fully saturated rings. The molecule has 0 spiro atoms. The number of aromatic carboxylic acids is 1. The van der Waals surface area contributed by atoms with Gasteiger partial charge in [-0.2, -0.15) is 0 Å². The van der Waals surface area contributed by atoms with Gasteiger partial charge in [-0.3, -0.25) is 9.69 Å². The Morgan fingerprint density at radius 3 is 2.51 bits per heavy atom. The highest BCUT2D eigenvalue weighted by Crippen LogP contribution is 2.37. The molecule has 1 atom stereocenters. The zero-order chi connectivity index (χ0) is 28.2. The maximum absolute atomic E-state index is 13.4. The molecule has 1 saturated heterocycles. The second-order valence-electron chi connectivity index (χ2n) is 10.3. The fourth-order valence-electron chi connectivity index (χ4n) is 5.63. The van der Waals surface area contributed by atoms with Crippen molar-refractivity contribution in [2.75, 3.05) is 51.0 Å². The molecule has 3 aliphatic heterocycles. The maximum Gasteiger partial charge on any atom is 0.337 e. The van der Waals surface area contributed by atoms with Crippen molar-refractivity contribution in [1.29, 1.82) is 0 Å². The number of carbonyl (C=O) groups is 2. The first-order valence-electron chi connectivity index (χ1n) is 13.8. The van der Waals surface area contributed by atoms with E-state index in [9.17, 15) is 9.59 Å². The predicted octanol–water partition coefficient (Wildman–Crippen LogP) is 3.54. The molecule has 4 heterocycles. The van der Waals surface area contributed by atoms with E-state index in [4.69, 9.17) is 19.3 Å². The Bertz CT molecular complexity index is 1420. The van der Waals surface area contributed by atoms with Crippen LogP contribution in [0.25, 0.3) is 0 Å². The molecule has 10 nitrogen and oxygen atoms in total. The third-order valence-corrected chi connectivity index (χ3v) is 7.81. The summed E-state index contributed by atoms with van der Waals surface area (Å²) in [6, 6.07) is 19.2. The van der Waals surface area contributed by atoms with Crippen LogP contribution in [0, 0.1) is 0 Å². The zero-order valence-electron chi connectivity index (χ0n) is 22.6. The van der Waals surface area contributed by atoms with Crippen molar-refractivity contribution in [2.45, 2.75) is 18.9 Å². The van der Waals surface area contributed by atoms with Gasteiger partial charge < -0.3 is 29.1 Å². The van der Waals surface area contributed by atoms with Gasteiger partial charge in [-0.05, 0) is 36.6 Å². The monoisotopic (exact) mass is 556 g/mol. The largest absolute Gasteiger partial charge is 0.478 e. The van der Waals surface area contributed by atoms with Crippen molar-refractivity contribution in [1.82, 2.24) is 14.8 Å². The number of ether oxygens (including phenoxy) is 3. The number of rotatable bonds is 9. The van der Waals surface area contributed by atoms with Crippen molar-refractivity contribution in [3.63, 3.8) is 0 Å². The minimum atomic E-state index is -1.03. The summed E-state index contributed by atoms with van der Waals surface area (Å²) in [5.41, 5.74) is 3.33. The zero-order valence-corrected chi connectivity index (χ0v) is 22.6. The van der Waals surface area contributed by atoms with Crippen LogP contribution < -0.4 is 9.64 Å². The molecule has 1 N–H and O–H groups in total. The van der Waals surface area contributed by atoms with Gasteiger partial charge in [0.1, 0.15) is 12.0 Å². The summed E-state index contributed by atoms with van der Waals surface area (Å²) in [6.45, 7) is 4.09. The first-order chi connectivity index (χ1) is 20.0. The fourth-order valence-corrected chi connectivity index (χ4v) is 5.63. The van der Waals surface area contributed by atoms with Gasteiger partial charge in [0.05, 0.1) is 18.2 Å². The lowest BCUT2D eigenvalue weighted by atomic mass is 10.0. The van der Waals surface area contributed by atoms with E-state index in [1.165, 1.54) is 17.8 Å². The molecule has 0 radical (unpaired) electrons. The van der Waals surface area contributed by atoms with Gasteiger partial charge in [-0.25, -0.2) is 9.78 Å². The molecule has 0 aliphatic carbocycles. The van der Waals surface area contributed by atoms with E-state index < -0.39 is 5.97 Å². The van der Waals surface area contributed by atoms with E-state index in [0.717, 1.165) is 49.5 Å². The quantitative estimate of drug-likeness (QED) is 0.424. The van der Waals surface area contributed by atoms with Gasteiger partial charge in [0, 0.05) is 56.2 Å². The Balaban J connectivity index is 1.07. The number of aromatic nitrogens is 1. The number of nitrogens with zero attached hydrogens (tertiary/aromatic N) is 4. The van der Waals surface area contributed by atoms with Gasteiger partial charge >= 0.3 is 5.97 Å². The topological polar surface area (TPSA) is 105 Å². The lowest BCUT2D eigenvalue weighted by Gasteiger charge is -2.39. The third kappa shape index (κ3) is 5.97. The van der Waals surface area contributed by atoms with Crippen LogP contribution in [0.1, 0.15) is 21.5 Å². The van der Waals surface area contributed by atoms with E-state index in [0.29, 0.717) is 31.3 Å². The highest BCUT2D eigenvalue weighted by molar-refractivity contribution is 5.87. The summed E-state index contributed by atoms with van der Waals surface area (Å²) >= 11 is 0. The summed E-state index contributed by atoms with van der Waals surface area (Å²) in [5.74, 6) is 0.904. The molecule has 41 heavy (non-hydrogen) atoms. The Kier molecular flexibility index (Phi) is 7.73. The molecule has 3 aliphatic rings. The van der Waals surface area contributed by atoms with Gasteiger partial charge in [0.25, 0.3) is 0 Å². The van der Waals surface area contributed by atoms with E-state index in [1.54, 1.807) is 12.3 Å². The highest BCUT2D eigenvalue weighted by Gasteiger charge is 2.32. The molecule has 1 unspecified atom stereocenters. The van der Waals surface area contributed by atoms with E-state index in [-0.39, 0.29) is 24.3 Å². The molecule has 1 amide bonds. The highest BCUT2D eigenvalue weighted by atomic mass is 16.7. The molecule has 3 aromatic rings. The summed E-state index contributed by atoms with van der Waals surface area (Å²) in [5, 5.41) is 9.09.